The van der Waals surface area contributed by atoms with E-state index in [0.717, 1.165) is 12.1 Å². The molecular formula is C12H14FN3. The molecule has 1 aromatic carbocycles. The molecule has 2 N–H and O–H groups in total. The quantitative estimate of drug-likeness (QED) is 0.859. The predicted molar refractivity (Wildman–Crippen MR) is 61.2 cm³/mol. The Labute approximate surface area is 93.7 Å². The molecule has 0 amide bonds. The summed E-state index contributed by atoms with van der Waals surface area (Å²) in [6.45, 7) is 3.16. The van der Waals surface area contributed by atoms with E-state index in [0.29, 0.717) is 17.9 Å². The van der Waals surface area contributed by atoms with Crippen molar-refractivity contribution in [3.63, 3.8) is 0 Å². The minimum absolute atomic E-state index is 0.266. The number of hydrogen-bond donors (Lipinski definition) is 1. The summed E-state index contributed by atoms with van der Waals surface area (Å²) in [6.07, 6.45) is 3.51. The Kier molecular flexibility index (Phi) is 3.01. The molecule has 0 bridgehead atoms. The van der Waals surface area contributed by atoms with Crippen LogP contribution in [0, 0.1) is 5.82 Å². The van der Waals surface area contributed by atoms with Crippen molar-refractivity contribution in [1.29, 1.82) is 0 Å². The van der Waals surface area contributed by atoms with E-state index < -0.39 is 0 Å². The van der Waals surface area contributed by atoms with Gasteiger partial charge in [0.25, 0.3) is 0 Å². The fourth-order valence-electron chi connectivity index (χ4n) is 1.68. The van der Waals surface area contributed by atoms with Crippen molar-refractivity contribution in [2.24, 2.45) is 5.73 Å². The Morgan fingerprint density at radius 3 is 2.94 bits per heavy atom. The lowest BCUT2D eigenvalue weighted by molar-refractivity contribution is 0.626. The van der Waals surface area contributed by atoms with Crippen molar-refractivity contribution >= 4 is 0 Å². The van der Waals surface area contributed by atoms with Gasteiger partial charge in [0.1, 0.15) is 11.6 Å². The van der Waals surface area contributed by atoms with Gasteiger partial charge in [0.2, 0.25) is 0 Å². The highest BCUT2D eigenvalue weighted by Crippen LogP contribution is 2.22. The predicted octanol–water partition coefficient (Wildman–Crippen LogP) is 2.17. The van der Waals surface area contributed by atoms with Gasteiger partial charge in [-0.2, -0.15) is 0 Å². The first-order chi connectivity index (χ1) is 7.76. The van der Waals surface area contributed by atoms with Gasteiger partial charge in [-0.15, -0.1) is 0 Å². The molecule has 0 aliphatic heterocycles. The molecule has 1 heterocycles. The lowest BCUT2D eigenvalue weighted by atomic mass is 10.1. The number of benzene rings is 1. The second-order valence-electron chi connectivity index (χ2n) is 3.56. The van der Waals surface area contributed by atoms with Gasteiger partial charge in [-0.3, -0.25) is 0 Å². The zero-order valence-corrected chi connectivity index (χ0v) is 9.15. The summed E-state index contributed by atoms with van der Waals surface area (Å²) in [5.74, 6) is 0.383. The molecule has 0 saturated heterocycles. The highest BCUT2D eigenvalue weighted by Gasteiger charge is 2.10. The molecule has 0 saturated carbocycles. The fraction of sp³-hybridized carbons (Fsp3) is 0.250. The third kappa shape index (κ3) is 1.84. The number of aromatic nitrogens is 2. The molecule has 0 fully saturated rings. The first-order valence-electron chi connectivity index (χ1n) is 5.26. The number of halogens is 1. The van der Waals surface area contributed by atoms with Crippen LogP contribution in [-0.2, 0) is 13.1 Å². The average molecular weight is 219 g/mol. The van der Waals surface area contributed by atoms with E-state index in [-0.39, 0.29) is 5.82 Å². The zero-order chi connectivity index (χ0) is 11.5. The van der Waals surface area contributed by atoms with Gasteiger partial charge in [0, 0.05) is 25.5 Å². The Hall–Kier alpha value is -1.68. The second-order valence-corrected chi connectivity index (χ2v) is 3.56. The van der Waals surface area contributed by atoms with Crippen molar-refractivity contribution in [3.05, 3.63) is 42.0 Å². The number of nitrogens with two attached hydrogens (primary N) is 1. The van der Waals surface area contributed by atoms with Crippen LogP contribution in [0.25, 0.3) is 11.4 Å². The molecule has 0 radical (unpaired) electrons. The van der Waals surface area contributed by atoms with Gasteiger partial charge in [-0.1, -0.05) is 6.07 Å². The van der Waals surface area contributed by atoms with Crippen LogP contribution >= 0.6 is 0 Å². The number of imidazole rings is 1. The van der Waals surface area contributed by atoms with Crippen LogP contribution in [0.1, 0.15) is 12.5 Å². The maximum absolute atomic E-state index is 13.7. The van der Waals surface area contributed by atoms with Crippen molar-refractivity contribution in [2.45, 2.75) is 20.0 Å². The van der Waals surface area contributed by atoms with E-state index in [9.17, 15) is 4.39 Å². The Morgan fingerprint density at radius 2 is 2.25 bits per heavy atom. The molecule has 1 aromatic heterocycles. The average Bonchev–Trinajstić information content (AvgIpc) is 2.77. The second kappa shape index (κ2) is 4.45. The monoisotopic (exact) mass is 219 g/mol. The summed E-state index contributed by atoms with van der Waals surface area (Å²) in [4.78, 5) is 4.18. The molecule has 4 heteroatoms. The van der Waals surface area contributed by atoms with Crippen LogP contribution in [-0.4, -0.2) is 9.55 Å². The summed E-state index contributed by atoms with van der Waals surface area (Å²) in [5.41, 5.74) is 6.96. The summed E-state index contributed by atoms with van der Waals surface area (Å²) in [7, 11) is 0. The molecule has 84 valence electrons. The maximum Gasteiger partial charge on any atom is 0.142 e. The minimum atomic E-state index is -0.266. The normalized spacial score (nSPS) is 10.7. The van der Waals surface area contributed by atoms with E-state index in [2.05, 4.69) is 4.98 Å². The SMILES string of the molecule is CCn1ccnc1-c1cc(CN)ccc1F. The number of aryl methyl sites for hydroxylation is 1. The fourth-order valence-corrected chi connectivity index (χ4v) is 1.68. The molecule has 2 aromatic rings. The van der Waals surface area contributed by atoms with Crippen molar-refractivity contribution in [2.75, 3.05) is 0 Å². The van der Waals surface area contributed by atoms with Crippen molar-refractivity contribution in [1.82, 2.24) is 9.55 Å². The van der Waals surface area contributed by atoms with E-state index in [1.165, 1.54) is 6.07 Å². The third-order valence-electron chi connectivity index (χ3n) is 2.56. The van der Waals surface area contributed by atoms with Gasteiger partial charge in [0.05, 0.1) is 5.56 Å². The number of nitrogens with zero attached hydrogens (tertiary/aromatic N) is 2. The Bertz CT molecular complexity index is 491. The Balaban J connectivity index is 2.54. The zero-order valence-electron chi connectivity index (χ0n) is 9.15. The number of hydrogen-bond acceptors (Lipinski definition) is 2. The van der Waals surface area contributed by atoms with E-state index in [1.807, 2.05) is 17.7 Å². The molecule has 16 heavy (non-hydrogen) atoms. The molecule has 0 unspecified atom stereocenters. The summed E-state index contributed by atoms with van der Waals surface area (Å²) in [5, 5.41) is 0. The highest BCUT2D eigenvalue weighted by atomic mass is 19.1. The van der Waals surface area contributed by atoms with Crippen LogP contribution in [0.2, 0.25) is 0 Å². The maximum atomic E-state index is 13.7. The van der Waals surface area contributed by atoms with Gasteiger partial charge >= 0.3 is 0 Å². The highest BCUT2D eigenvalue weighted by molar-refractivity contribution is 5.57. The van der Waals surface area contributed by atoms with Gasteiger partial charge in [-0.05, 0) is 24.6 Å². The first kappa shape index (κ1) is 10.8. The summed E-state index contributed by atoms with van der Waals surface area (Å²) >= 11 is 0. The standard InChI is InChI=1S/C12H14FN3/c1-2-16-6-5-15-12(16)10-7-9(8-14)3-4-11(10)13/h3-7H,2,8,14H2,1H3. The van der Waals surface area contributed by atoms with Crippen LogP contribution in [0.5, 0.6) is 0 Å². The summed E-state index contributed by atoms with van der Waals surface area (Å²) < 4.78 is 15.6. The van der Waals surface area contributed by atoms with Crippen LogP contribution in [0.4, 0.5) is 4.39 Å². The van der Waals surface area contributed by atoms with Crippen LogP contribution < -0.4 is 5.73 Å². The summed E-state index contributed by atoms with van der Waals surface area (Å²) in [6, 6.07) is 4.88. The minimum Gasteiger partial charge on any atom is -0.331 e. The largest absolute Gasteiger partial charge is 0.331 e. The van der Waals surface area contributed by atoms with E-state index in [4.69, 9.17) is 5.73 Å². The molecular weight excluding hydrogens is 205 g/mol. The van der Waals surface area contributed by atoms with Crippen molar-refractivity contribution < 1.29 is 4.39 Å². The topological polar surface area (TPSA) is 43.8 Å². The van der Waals surface area contributed by atoms with E-state index >= 15 is 0 Å². The molecule has 2 rings (SSSR count). The van der Waals surface area contributed by atoms with Gasteiger partial charge in [-0.25, -0.2) is 9.37 Å². The lowest BCUT2D eigenvalue weighted by Gasteiger charge is -2.07. The van der Waals surface area contributed by atoms with Crippen molar-refractivity contribution in [3.8, 4) is 11.4 Å². The first-order valence-corrected chi connectivity index (χ1v) is 5.26. The Morgan fingerprint density at radius 1 is 1.44 bits per heavy atom. The van der Waals surface area contributed by atoms with Crippen LogP contribution in [0.3, 0.4) is 0 Å². The molecule has 0 aliphatic rings. The number of rotatable bonds is 3. The van der Waals surface area contributed by atoms with Crippen LogP contribution in [0.15, 0.2) is 30.6 Å². The molecule has 0 atom stereocenters. The van der Waals surface area contributed by atoms with Gasteiger partial charge < -0.3 is 10.3 Å². The molecule has 0 spiro atoms. The lowest BCUT2D eigenvalue weighted by Crippen LogP contribution is -2.01. The van der Waals surface area contributed by atoms with Gasteiger partial charge in [0.15, 0.2) is 0 Å². The van der Waals surface area contributed by atoms with E-state index in [1.54, 1.807) is 18.3 Å². The third-order valence-corrected chi connectivity index (χ3v) is 2.56. The molecule has 0 aliphatic carbocycles. The smallest absolute Gasteiger partial charge is 0.142 e. The molecule has 3 nitrogen and oxygen atoms in total.